The van der Waals surface area contributed by atoms with Crippen molar-refractivity contribution in [2.24, 2.45) is 0 Å². The summed E-state index contributed by atoms with van der Waals surface area (Å²) in [6.45, 7) is 4.40. The van der Waals surface area contributed by atoms with Crippen LogP contribution in [-0.2, 0) is 21.2 Å². The summed E-state index contributed by atoms with van der Waals surface area (Å²) in [4.78, 5) is 13.7. The molecule has 0 saturated carbocycles. The van der Waals surface area contributed by atoms with Crippen LogP contribution >= 0.6 is 0 Å². The van der Waals surface area contributed by atoms with Gasteiger partial charge in [-0.3, -0.25) is 9.52 Å². The number of halogens is 1. The van der Waals surface area contributed by atoms with Gasteiger partial charge in [0.05, 0.1) is 17.2 Å². The summed E-state index contributed by atoms with van der Waals surface area (Å²) in [6.07, 6.45) is 2.08. The third-order valence-corrected chi connectivity index (χ3v) is 5.95. The molecular formula is C20H23FN2O4S. The van der Waals surface area contributed by atoms with Crippen LogP contribution in [0.2, 0.25) is 0 Å². The lowest BCUT2D eigenvalue weighted by molar-refractivity contribution is -0.118. The van der Waals surface area contributed by atoms with Gasteiger partial charge in [0.2, 0.25) is 5.91 Å². The fourth-order valence-corrected chi connectivity index (χ4v) is 4.28. The van der Waals surface area contributed by atoms with Crippen LogP contribution in [0.25, 0.3) is 0 Å². The quantitative estimate of drug-likeness (QED) is 0.793. The highest BCUT2D eigenvalue weighted by atomic mass is 32.2. The van der Waals surface area contributed by atoms with E-state index in [9.17, 15) is 17.6 Å². The Morgan fingerprint density at radius 3 is 2.68 bits per heavy atom. The number of benzene rings is 2. The first-order valence-corrected chi connectivity index (χ1v) is 10.7. The smallest absolute Gasteiger partial charge is 0.262 e. The monoisotopic (exact) mass is 406 g/mol. The second kappa shape index (κ2) is 8.18. The van der Waals surface area contributed by atoms with Crippen molar-refractivity contribution in [3.63, 3.8) is 0 Å². The topological polar surface area (TPSA) is 75.7 Å². The Morgan fingerprint density at radius 2 is 2.00 bits per heavy atom. The van der Waals surface area contributed by atoms with E-state index in [0.717, 1.165) is 30.2 Å². The highest BCUT2D eigenvalue weighted by Gasteiger charge is 2.23. The molecule has 0 atom stereocenters. The number of fused-ring (bicyclic) bond motifs is 1. The number of sulfonamides is 1. The molecule has 8 heteroatoms. The van der Waals surface area contributed by atoms with Gasteiger partial charge in [0.1, 0.15) is 0 Å². The van der Waals surface area contributed by atoms with Crippen molar-refractivity contribution in [3.8, 4) is 5.75 Å². The van der Waals surface area contributed by atoms with E-state index in [1.807, 2.05) is 6.07 Å². The lowest BCUT2D eigenvalue weighted by Gasteiger charge is -2.29. The lowest BCUT2D eigenvalue weighted by atomic mass is 10.0. The molecule has 0 bridgehead atoms. The number of nitrogens with zero attached hydrogens (tertiary/aromatic N) is 1. The van der Waals surface area contributed by atoms with Gasteiger partial charge in [0.15, 0.2) is 11.6 Å². The summed E-state index contributed by atoms with van der Waals surface area (Å²) in [5.41, 5.74) is 2.04. The predicted molar refractivity (Wildman–Crippen MR) is 106 cm³/mol. The molecule has 1 heterocycles. The van der Waals surface area contributed by atoms with Crippen molar-refractivity contribution in [1.29, 1.82) is 0 Å². The van der Waals surface area contributed by atoms with Gasteiger partial charge in [-0.2, -0.15) is 0 Å². The summed E-state index contributed by atoms with van der Waals surface area (Å²) < 4.78 is 46.9. The number of rotatable bonds is 6. The standard InChI is InChI=1S/C20H23FN2O4S/c1-3-20(24)23-11-5-6-14-7-8-15(12-18(14)23)22-28(25,26)16-9-10-19(27-4-2)17(21)13-16/h7-10,12-13,22H,3-6,11H2,1-2H3. The number of ether oxygens (including phenoxy) is 1. The van der Waals surface area contributed by atoms with E-state index in [4.69, 9.17) is 4.74 Å². The summed E-state index contributed by atoms with van der Waals surface area (Å²) in [5.74, 6) is -0.742. The minimum Gasteiger partial charge on any atom is -0.491 e. The van der Waals surface area contributed by atoms with E-state index in [0.29, 0.717) is 18.7 Å². The molecule has 0 unspecified atom stereocenters. The first-order valence-electron chi connectivity index (χ1n) is 9.24. The second-order valence-electron chi connectivity index (χ2n) is 6.48. The van der Waals surface area contributed by atoms with Gasteiger partial charge in [-0.25, -0.2) is 12.8 Å². The zero-order valence-electron chi connectivity index (χ0n) is 15.9. The van der Waals surface area contributed by atoms with Gasteiger partial charge in [0, 0.05) is 18.7 Å². The van der Waals surface area contributed by atoms with Crippen LogP contribution in [0.3, 0.4) is 0 Å². The number of hydrogen-bond acceptors (Lipinski definition) is 4. The molecule has 2 aromatic rings. The molecule has 1 amide bonds. The number of nitrogens with one attached hydrogen (secondary N) is 1. The molecule has 1 aliphatic heterocycles. The summed E-state index contributed by atoms with van der Waals surface area (Å²) in [7, 11) is -3.99. The Labute approximate surface area is 164 Å². The normalized spacial score (nSPS) is 13.8. The van der Waals surface area contributed by atoms with Gasteiger partial charge >= 0.3 is 0 Å². The van der Waals surface area contributed by atoms with Crippen molar-refractivity contribution in [1.82, 2.24) is 0 Å². The maximum Gasteiger partial charge on any atom is 0.262 e. The second-order valence-corrected chi connectivity index (χ2v) is 8.16. The van der Waals surface area contributed by atoms with E-state index >= 15 is 0 Å². The number of amides is 1. The largest absolute Gasteiger partial charge is 0.491 e. The minimum absolute atomic E-state index is 0.00366. The Balaban J connectivity index is 1.89. The number of aryl methyl sites for hydroxylation is 1. The zero-order valence-corrected chi connectivity index (χ0v) is 16.7. The fraction of sp³-hybridized carbons (Fsp3) is 0.350. The third kappa shape index (κ3) is 4.11. The number of carbonyl (C=O) groups is 1. The molecule has 0 aliphatic carbocycles. The van der Waals surface area contributed by atoms with Crippen molar-refractivity contribution in [2.45, 2.75) is 38.0 Å². The Hall–Kier alpha value is -2.61. The summed E-state index contributed by atoms with van der Waals surface area (Å²) in [5, 5.41) is 0. The van der Waals surface area contributed by atoms with Crippen LogP contribution in [0.5, 0.6) is 5.75 Å². The molecule has 3 rings (SSSR count). The molecule has 1 N–H and O–H groups in total. The average molecular weight is 406 g/mol. The minimum atomic E-state index is -3.99. The molecule has 0 fully saturated rings. The van der Waals surface area contributed by atoms with Crippen molar-refractivity contribution in [2.75, 3.05) is 22.8 Å². The van der Waals surface area contributed by atoms with Crippen LogP contribution < -0.4 is 14.4 Å². The summed E-state index contributed by atoms with van der Waals surface area (Å²) >= 11 is 0. The SMILES string of the molecule is CCOc1ccc(S(=O)(=O)Nc2ccc3c(c2)N(C(=O)CC)CCC3)cc1F. The maximum absolute atomic E-state index is 14.0. The van der Waals surface area contributed by atoms with Crippen LogP contribution in [0.4, 0.5) is 15.8 Å². The maximum atomic E-state index is 14.0. The van der Waals surface area contributed by atoms with Gasteiger partial charge < -0.3 is 9.64 Å². The number of anilines is 2. The third-order valence-electron chi connectivity index (χ3n) is 4.57. The molecule has 28 heavy (non-hydrogen) atoms. The highest BCUT2D eigenvalue weighted by molar-refractivity contribution is 7.92. The van der Waals surface area contributed by atoms with Crippen LogP contribution in [0.15, 0.2) is 41.3 Å². The molecule has 150 valence electrons. The molecule has 0 radical (unpaired) electrons. The van der Waals surface area contributed by atoms with Crippen molar-refractivity contribution in [3.05, 3.63) is 47.8 Å². The molecular weight excluding hydrogens is 383 g/mol. The average Bonchev–Trinajstić information content (AvgIpc) is 2.68. The predicted octanol–water partition coefficient (Wildman–Crippen LogP) is 3.71. The van der Waals surface area contributed by atoms with Crippen LogP contribution in [0, 0.1) is 5.82 Å². The van der Waals surface area contributed by atoms with Gasteiger partial charge in [-0.1, -0.05) is 13.0 Å². The van der Waals surface area contributed by atoms with Crippen LogP contribution in [0.1, 0.15) is 32.3 Å². The lowest BCUT2D eigenvalue weighted by Crippen LogP contribution is -2.35. The molecule has 0 spiro atoms. The van der Waals surface area contributed by atoms with Crippen molar-refractivity contribution < 1.29 is 22.3 Å². The number of hydrogen-bond donors (Lipinski definition) is 1. The van der Waals surface area contributed by atoms with Crippen LogP contribution in [-0.4, -0.2) is 27.5 Å². The van der Waals surface area contributed by atoms with E-state index < -0.39 is 15.8 Å². The van der Waals surface area contributed by atoms with E-state index in [1.54, 1.807) is 30.9 Å². The summed E-state index contributed by atoms with van der Waals surface area (Å²) in [6, 6.07) is 8.65. The molecule has 2 aromatic carbocycles. The van der Waals surface area contributed by atoms with E-state index in [2.05, 4.69) is 4.72 Å². The highest BCUT2D eigenvalue weighted by Crippen LogP contribution is 2.31. The molecule has 0 saturated heterocycles. The Morgan fingerprint density at radius 1 is 1.21 bits per heavy atom. The fourth-order valence-electron chi connectivity index (χ4n) is 3.22. The van der Waals surface area contributed by atoms with Gasteiger partial charge in [-0.15, -0.1) is 0 Å². The Bertz CT molecular complexity index is 992. The van der Waals surface area contributed by atoms with Gasteiger partial charge in [0.25, 0.3) is 10.0 Å². The van der Waals surface area contributed by atoms with E-state index in [-0.39, 0.29) is 23.2 Å². The van der Waals surface area contributed by atoms with E-state index in [1.165, 1.54) is 12.1 Å². The molecule has 6 nitrogen and oxygen atoms in total. The molecule has 0 aromatic heterocycles. The van der Waals surface area contributed by atoms with Gasteiger partial charge in [-0.05, 0) is 55.7 Å². The number of carbonyl (C=O) groups excluding carboxylic acids is 1. The first kappa shape index (κ1) is 20.1. The first-order chi connectivity index (χ1) is 13.4. The zero-order chi connectivity index (χ0) is 20.3. The Kier molecular flexibility index (Phi) is 5.88. The van der Waals surface area contributed by atoms with Crippen molar-refractivity contribution >= 4 is 27.3 Å². The molecule has 1 aliphatic rings.